The first kappa shape index (κ1) is 15.6. The number of rotatable bonds is 6. The van der Waals surface area contributed by atoms with E-state index in [0.717, 1.165) is 49.7 Å². The third kappa shape index (κ3) is 3.83. The molecule has 1 aliphatic carbocycles. The summed E-state index contributed by atoms with van der Waals surface area (Å²) in [6.45, 7) is 3.15. The Morgan fingerprint density at radius 2 is 2.04 bits per heavy atom. The fraction of sp³-hybridized carbons (Fsp3) is 0.455. The fourth-order valence-corrected chi connectivity index (χ4v) is 3.84. The third-order valence-electron chi connectivity index (χ3n) is 5.66. The van der Waals surface area contributed by atoms with Crippen molar-refractivity contribution < 1.29 is 6.15 Å². The topological polar surface area (TPSA) is 52.0 Å². The van der Waals surface area contributed by atoms with Gasteiger partial charge in [0.15, 0.2) is 0 Å². The minimum Gasteiger partial charge on any atom is -0.473 e. The van der Waals surface area contributed by atoms with Crippen LogP contribution in [0.2, 0.25) is 1.41 Å². The second-order valence-electron chi connectivity index (χ2n) is 7.80. The SMILES string of the molecule is [2H]N1CCC(c2cccc(OCc3ccc4cnn(CC5CC5)c4c3)n2)CC1. The zero-order chi connectivity index (χ0) is 18.9. The summed E-state index contributed by atoms with van der Waals surface area (Å²) in [5.41, 5.74) is 3.42. The van der Waals surface area contributed by atoms with Crippen LogP contribution in [-0.2, 0) is 13.2 Å². The van der Waals surface area contributed by atoms with E-state index in [-0.39, 0.29) is 0 Å². The van der Waals surface area contributed by atoms with E-state index >= 15 is 0 Å². The summed E-state index contributed by atoms with van der Waals surface area (Å²) >= 11 is 0. The lowest BCUT2D eigenvalue weighted by atomic mass is 9.94. The maximum absolute atomic E-state index is 7.71. The molecule has 3 heterocycles. The molecule has 5 rings (SSSR count). The first-order valence-electron chi connectivity index (χ1n) is 10.5. The van der Waals surface area contributed by atoms with Crippen molar-refractivity contribution in [3.8, 4) is 5.88 Å². The summed E-state index contributed by atoms with van der Waals surface area (Å²) in [4.78, 5) is 4.73. The number of hydrogen-bond acceptors (Lipinski definition) is 4. The Balaban J connectivity index is 1.27. The normalized spacial score (nSPS) is 19.3. The molecule has 1 aliphatic heterocycles. The van der Waals surface area contributed by atoms with E-state index in [1.54, 1.807) is 5.31 Å². The van der Waals surface area contributed by atoms with Gasteiger partial charge in [0.25, 0.3) is 0 Å². The van der Waals surface area contributed by atoms with Crippen LogP contribution in [0.5, 0.6) is 5.88 Å². The highest BCUT2D eigenvalue weighted by Gasteiger charge is 2.22. The van der Waals surface area contributed by atoms with Gasteiger partial charge >= 0.3 is 0 Å². The molecule has 5 heteroatoms. The van der Waals surface area contributed by atoms with Crippen molar-refractivity contribution in [3.63, 3.8) is 0 Å². The molecule has 1 N–H and O–H groups in total. The van der Waals surface area contributed by atoms with Gasteiger partial charge < -0.3 is 10.0 Å². The lowest BCUT2D eigenvalue weighted by Crippen LogP contribution is -2.27. The lowest BCUT2D eigenvalue weighted by Gasteiger charge is -2.22. The minimum atomic E-state index is 0.429. The highest BCUT2D eigenvalue weighted by atomic mass is 16.5. The molecule has 2 fully saturated rings. The second kappa shape index (κ2) is 7.31. The summed E-state index contributed by atoms with van der Waals surface area (Å²) in [5, 5.41) is 7.38. The molecule has 0 radical (unpaired) electrons. The average Bonchev–Trinajstić information content (AvgIpc) is 3.46. The van der Waals surface area contributed by atoms with Crippen LogP contribution in [0.25, 0.3) is 10.9 Å². The maximum Gasteiger partial charge on any atom is 0.213 e. The van der Waals surface area contributed by atoms with Crippen LogP contribution in [0, 0.1) is 5.92 Å². The number of benzene rings is 1. The maximum atomic E-state index is 7.71. The van der Waals surface area contributed by atoms with Crippen molar-refractivity contribution in [2.24, 2.45) is 5.92 Å². The van der Waals surface area contributed by atoms with Crippen LogP contribution >= 0.6 is 0 Å². The summed E-state index contributed by atoms with van der Waals surface area (Å²) in [7, 11) is 0. The van der Waals surface area contributed by atoms with Crippen molar-refractivity contribution in [3.05, 3.63) is 53.9 Å². The van der Waals surface area contributed by atoms with E-state index in [1.165, 1.54) is 23.7 Å². The molecular formula is C22H26N4O. The number of fused-ring (bicyclic) bond motifs is 1. The van der Waals surface area contributed by atoms with Gasteiger partial charge in [-0.2, -0.15) is 5.10 Å². The Labute approximate surface area is 161 Å². The van der Waals surface area contributed by atoms with Gasteiger partial charge in [-0.3, -0.25) is 4.68 Å². The number of ether oxygens (including phenoxy) is 1. The van der Waals surface area contributed by atoms with E-state index in [2.05, 4.69) is 34.0 Å². The van der Waals surface area contributed by atoms with Crippen molar-refractivity contribution in [2.45, 2.75) is 44.8 Å². The molecule has 0 spiro atoms. The zero-order valence-electron chi connectivity index (χ0n) is 16.6. The Hall–Kier alpha value is -2.40. The lowest BCUT2D eigenvalue weighted by molar-refractivity contribution is 0.291. The molecule has 1 saturated heterocycles. The Bertz CT molecular complexity index is 960. The van der Waals surface area contributed by atoms with Crippen LogP contribution < -0.4 is 10.0 Å². The number of pyridine rings is 1. The number of hydrogen-bond donors (Lipinski definition) is 1. The van der Waals surface area contributed by atoms with Gasteiger partial charge in [0.2, 0.25) is 5.88 Å². The summed E-state index contributed by atoms with van der Waals surface area (Å²) < 4.78 is 15.9. The molecule has 140 valence electrons. The van der Waals surface area contributed by atoms with E-state index in [0.29, 0.717) is 18.4 Å². The van der Waals surface area contributed by atoms with Gasteiger partial charge in [0, 0.05) is 29.6 Å². The molecule has 3 aromatic rings. The molecule has 2 aliphatic rings. The fourth-order valence-electron chi connectivity index (χ4n) is 3.84. The highest BCUT2D eigenvalue weighted by Crippen LogP contribution is 2.31. The Morgan fingerprint density at radius 1 is 1.15 bits per heavy atom. The van der Waals surface area contributed by atoms with Gasteiger partial charge in [-0.25, -0.2) is 4.98 Å². The number of aromatic nitrogens is 3. The van der Waals surface area contributed by atoms with Crippen LogP contribution in [0.1, 0.15) is 42.9 Å². The predicted molar refractivity (Wildman–Crippen MR) is 106 cm³/mol. The average molecular weight is 363 g/mol. The third-order valence-corrected chi connectivity index (χ3v) is 5.66. The van der Waals surface area contributed by atoms with Gasteiger partial charge in [-0.05, 0) is 62.4 Å². The second-order valence-corrected chi connectivity index (χ2v) is 7.80. The van der Waals surface area contributed by atoms with Crippen molar-refractivity contribution >= 4 is 10.9 Å². The first-order chi connectivity index (χ1) is 13.7. The van der Waals surface area contributed by atoms with Crippen LogP contribution in [0.15, 0.2) is 42.6 Å². The smallest absolute Gasteiger partial charge is 0.213 e. The molecule has 1 saturated carbocycles. The minimum absolute atomic E-state index is 0.429. The number of piperidine rings is 1. The van der Waals surface area contributed by atoms with Gasteiger partial charge in [0.1, 0.15) is 8.02 Å². The molecular weight excluding hydrogens is 336 g/mol. The van der Waals surface area contributed by atoms with E-state index in [4.69, 9.17) is 11.1 Å². The van der Waals surface area contributed by atoms with Crippen LogP contribution in [-0.4, -0.2) is 27.9 Å². The zero-order valence-corrected chi connectivity index (χ0v) is 15.6. The largest absolute Gasteiger partial charge is 0.473 e. The van der Waals surface area contributed by atoms with Crippen molar-refractivity contribution in [1.29, 1.82) is 0 Å². The van der Waals surface area contributed by atoms with E-state index in [9.17, 15) is 0 Å². The number of nitrogens with zero attached hydrogens (tertiary/aromatic N) is 3. The quantitative estimate of drug-likeness (QED) is 0.722. The molecule has 0 amide bonds. The first-order valence-corrected chi connectivity index (χ1v) is 10.0. The molecule has 2 aromatic heterocycles. The monoisotopic (exact) mass is 363 g/mol. The highest BCUT2D eigenvalue weighted by molar-refractivity contribution is 5.79. The molecule has 0 bridgehead atoms. The molecule has 5 nitrogen and oxygen atoms in total. The van der Waals surface area contributed by atoms with Crippen LogP contribution in [0.4, 0.5) is 0 Å². The number of nitrogens with one attached hydrogen (secondary N) is 1. The molecule has 27 heavy (non-hydrogen) atoms. The summed E-state index contributed by atoms with van der Waals surface area (Å²) in [6, 6.07) is 12.5. The standard InChI is InChI=1S/C22H26N4O/c1-2-20(18-8-10-23-11-9-18)25-22(3-1)27-15-17-6-7-19-13-24-26(21(19)12-17)14-16-4-5-16/h1-3,6-7,12-13,16,18,23H,4-5,8-11,14-15H2/i/hD. The Morgan fingerprint density at radius 3 is 2.89 bits per heavy atom. The van der Waals surface area contributed by atoms with E-state index < -0.39 is 0 Å². The molecule has 0 atom stereocenters. The Kier molecular flexibility index (Phi) is 4.24. The van der Waals surface area contributed by atoms with E-state index in [1.807, 2.05) is 18.3 Å². The summed E-state index contributed by atoms with van der Waals surface area (Å²) in [6.07, 6.45) is 6.58. The molecule has 1 aromatic carbocycles. The predicted octanol–water partition coefficient (Wildman–Crippen LogP) is 3.89. The van der Waals surface area contributed by atoms with Crippen molar-refractivity contribution in [2.75, 3.05) is 13.1 Å². The van der Waals surface area contributed by atoms with Gasteiger partial charge in [0.05, 0.1) is 11.7 Å². The van der Waals surface area contributed by atoms with Gasteiger partial charge in [-0.15, -0.1) is 0 Å². The van der Waals surface area contributed by atoms with Gasteiger partial charge in [-0.1, -0.05) is 18.2 Å². The summed E-state index contributed by atoms with van der Waals surface area (Å²) in [5.74, 6) is 1.91. The molecule has 0 unspecified atom stereocenters. The van der Waals surface area contributed by atoms with Crippen LogP contribution in [0.3, 0.4) is 0 Å². The van der Waals surface area contributed by atoms with Crippen molar-refractivity contribution in [1.82, 2.24) is 20.1 Å².